The first kappa shape index (κ1) is 16.0. The van der Waals surface area contributed by atoms with Gasteiger partial charge in [-0.1, -0.05) is 12.1 Å². The Morgan fingerprint density at radius 3 is 2.52 bits per heavy atom. The monoisotopic (exact) mass is 308 g/mol. The molecule has 1 amide bonds. The van der Waals surface area contributed by atoms with Crippen LogP contribution >= 0.6 is 0 Å². The summed E-state index contributed by atoms with van der Waals surface area (Å²) in [7, 11) is 1.60. The van der Waals surface area contributed by atoms with E-state index in [4.69, 9.17) is 10.00 Å². The van der Waals surface area contributed by atoms with Crippen LogP contribution in [0.4, 0.5) is 5.69 Å². The maximum Gasteiger partial charge on any atom is 0.259 e. The minimum absolute atomic E-state index is 0.108. The smallest absolute Gasteiger partial charge is 0.259 e. The molecular formula is C17H16N4O2. The van der Waals surface area contributed by atoms with Crippen LogP contribution in [-0.2, 0) is 4.79 Å². The molecule has 0 aliphatic rings. The van der Waals surface area contributed by atoms with E-state index >= 15 is 0 Å². The van der Waals surface area contributed by atoms with Crippen molar-refractivity contribution in [2.75, 3.05) is 19.0 Å². The van der Waals surface area contributed by atoms with Gasteiger partial charge in [-0.2, -0.15) is 10.4 Å². The normalized spacial score (nSPS) is 10.1. The number of hydrogen-bond donors (Lipinski definition) is 2. The highest BCUT2D eigenvalue weighted by atomic mass is 16.5. The van der Waals surface area contributed by atoms with Crippen LogP contribution < -0.4 is 15.5 Å². The van der Waals surface area contributed by atoms with Gasteiger partial charge < -0.3 is 10.1 Å². The molecular weight excluding hydrogens is 292 g/mol. The summed E-state index contributed by atoms with van der Waals surface area (Å²) in [5.74, 6) is 0.498. The van der Waals surface area contributed by atoms with Gasteiger partial charge in [-0.15, -0.1) is 0 Å². The lowest BCUT2D eigenvalue weighted by Crippen LogP contribution is -2.25. The number of amides is 1. The molecule has 0 fully saturated rings. The Balaban J connectivity index is 1.77. The van der Waals surface area contributed by atoms with E-state index in [2.05, 4.69) is 15.8 Å². The first-order chi connectivity index (χ1) is 11.2. The number of methoxy groups -OCH3 is 1. The largest absolute Gasteiger partial charge is 0.497 e. The molecule has 0 aliphatic carbocycles. The molecule has 0 radical (unpaired) electrons. The average molecular weight is 308 g/mol. The van der Waals surface area contributed by atoms with Crippen LogP contribution in [0.1, 0.15) is 11.1 Å². The Labute approximate surface area is 134 Å². The highest BCUT2D eigenvalue weighted by molar-refractivity contribution is 5.84. The van der Waals surface area contributed by atoms with Crippen LogP contribution in [0.15, 0.2) is 53.6 Å². The maximum absolute atomic E-state index is 11.7. The highest BCUT2D eigenvalue weighted by Gasteiger charge is 1.99. The molecule has 0 saturated carbocycles. The fourth-order valence-corrected chi connectivity index (χ4v) is 1.75. The number of ether oxygens (including phenoxy) is 1. The van der Waals surface area contributed by atoms with Gasteiger partial charge >= 0.3 is 0 Å². The number of nitrogens with zero attached hydrogens (tertiary/aromatic N) is 2. The van der Waals surface area contributed by atoms with Gasteiger partial charge in [-0.25, -0.2) is 5.43 Å². The van der Waals surface area contributed by atoms with Gasteiger partial charge in [-0.3, -0.25) is 4.79 Å². The predicted octanol–water partition coefficient (Wildman–Crippen LogP) is 2.13. The van der Waals surface area contributed by atoms with Crippen LogP contribution in [0, 0.1) is 11.3 Å². The molecule has 2 aromatic carbocycles. The van der Waals surface area contributed by atoms with Crippen LogP contribution in [0.5, 0.6) is 5.75 Å². The zero-order chi connectivity index (χ0) is 16.5. The summed E-state index contributed by atoms with van der Waals surface area (Å²) < 4.78 is 5.06. The fraction of sp³-hybridized carbons (Fsp3) is 0.118. The Morgan fingerprint density at radius 1 is 1.22 bits per heavy atom. The van der Waals surface area contributed by atoms with Crippen molar-refractivity contribution in [2.45, 2.75) is 0 Å². The van der Waals surface area contributed by atoms with Crippen LogP contribution in [0.3, 0.4) is 0 Å². The summed E-state index contributed by atoms with van der Waals surface area (Å²) in [6.45, 7) is 0.108. The van der Waals surface area contributed by atoms with Crippen molar-refractivity contribution in [3.05, 3.63) is 59.7 Å². The first-order valence-electron chi connectivity index (χ1n) is 6.91. The van der Waals surface area contributed by atoms with E-state index in [1.54, 1.807) is 31.4 Å². The van der Waals surface area contributed by atoms with Crippen molar-refractivity contribution < 1.29 is 9.53 Å². The summed E-state index contributed by atoms with van der Waals surface area (Å²) >= 11 is 0. The Bertz CT molecular complexity index is 716. The zero-order valence-corrected chi connectivity index (χ0v) is 12.6. The fourth-order valence-electron chi connectivity index (χ4n) is 1.75. The Hall–Kier alpha value is -3.33. The molecule has 6 heteroatoms. The number of hydrogen-bond acceptors (Lipinski definition) is 5. The van der Waals surface area contributed by atoms with Crippen LogP contribution in [0.25, 0.3) is 0 Å². The third-order valence-corrected chi connectivity index (χ3v) is 2.99. The molecule has 2 N–H and O–H groups in total. The van der Waals surface area contributed by atoms with Crippen molar-refractivity contribution in [3.8, 4) is 11.8 Å². The van der Waals surface area contributed by atoms with Crippen LogP contribution in [0.2, 0.25) is 0 Å². The molecule has 0 aliphatic heterocycles. The van der Waals surface area contributed by atoms with E-state index in [9.17, 15) is 4.79 Å². The lowest BCUT2D eigenvalue weighted by atomic mass is 10.2. The molecule has 0 aromatic heterocycles. The molecule has 6 nitrogen and oxygen atoms in total. The zero-order valence-electron chi connectivity index (χ0n) is 12.6. The summed E-state index contributed by atoms with van der Waals surface area (Å²) in [6, 6.07) is 16.2. The molecule has 0 spiro atoms. The second-order valence-corrected chi connectivity index (χ2v) is 4.61. The molecule has 0 saturated heterocycles. The second-order valence-electron chi connectivity index (χ2n) is 4.61. The molecule has 2 aromatic rings. The van der Waals surface area contributed by atoms with Gasteiger partial charge in [0.05, 0.1) is 31.5 Å². The molecule has 0 heterocycles. The number of anilines is 1. The first-order valence-corrected chi connectivity index (χ1v) is 6.91. The van der Waals surface area contributed by atoms with Crippen molar-refractivity contribution in [3.63, 3.8) is 0 Å². The van der Waals surface area contributed by atoms with Crippen molar-refractivity contribution in [1.82, 2.24) is 5.43 Å². The number of benzene rings is 2. The molecule has 0 atom stereocenters. The van der Waals surface area contributed by atoms with Crippen molar-refractivity contribution in [2.24, 2.45) is 5.10 Å². The third-order valence-electron chi connectivity index (χ3n) is 2.99. The predicted molar refractivity (Wildman–Crippen MR) is 88.4 cm³/mol. The molecule has 0 unspecified atom stereocenters. The number of carbonyl (C=O) groups is 1. The number of hydrazone groups is 1. The molecule has 0 bridgehead atoms. The lowest BCUT2D eigenvalue weighted by molar-refractivity contribution is -0.119. The van der Waals surface area contributed by atoms with E-state index in [-0.39, 0.29) is 12.5 Å². The molecule has 23 heavy (non-hydrogen) atoms. The second kappa shape index (κ2) is 8.20. The molecule has 116 valence electrons. The number of nitriles is 1. The van der Waals surface area contributed by atoms with E-state index in [0.717, 1.165) is 17.0 Å². The Morgan fingerprint density at radius 2 is 1.91 bits per heavy atom. The minimum Gasteiger partial charge on any atom is -0.497 e. The lowest BCUT2D eigenvalue weighted by Gasteiger charge is -2.06. The van der Waals surface area contributed by atoms with E-state index in [1.165, 1.54) is 6.21 Å². The van der Waals surface area contributed by atoms with Gasteiger partial charge in [0.1, 0.15) is 5.75 Å². The number of nitrogens with one attached hydrogen (secondary N) is 2. The van der Waals surface area contributed by atoms with Gasteiger partial charge in [0.15, 0.2) is 0 Å². The summed E-state index contributed by atoms with van der Waals surface area (Å²) in [6.07, 6.45) is 1.52. The Kier molecular flexibility index (Phi) is 5.72. The number of carbonyl (C=O) groups excluding carboxylic acids is 1. The average Bonchev–Trinajstić information content (AvgIpc) is 2.61. The van der Waals surface area contributed by atoms with Gasteiger partial charge in [0.2, 0.25) is 0 Å². The summed E-state index contributed by atoms with van der Waals surface area (Å²) in [5.41, 5.74) is 4.62. The van der Waals surface area contributed by atoms with Crippen molar-refractivity contribution >= 4 is 17.8 Å². The highest BCUT2D eigenvalue weighted by Crippen LogP contribution is 2.14. The van der Waals surface area contributed by atoms with Gasteiger partial charge in [-0.05, 0) is 42.0 Å². The standard InChI is InChI=1S/C17H16N4O2/c1-23-16-8-6-15(7-9-16)19-12-17(22)21-20-11-14-4-2-13(10-18)3-5-14/h2-9,11,19H,12H2,1H3,(H,21,22). The summed E-state index contributed by atoms with van der Waals surface area (Å²) in [4.78, 5) is 11.7. The quantitative estimate of drug-likeness (QED) is 0.632. The maximum atomic E-state index is 11.7. The van der Waals surface area contributed by atoms with Gasteiger partial charge in [0.25, 0.3) is 5.91 Å². The number of rotatable bonds is 6. The minimum atomic E-state index is -0.259. The third kappa shape index (κ3) is 5.17. The topological polar surface area (TPSA) is 86.5 Å². The SMILES string of the molecule is COc1ccc(NCC(=O)NN=Cc2ccc(C#N)cc2)cc1. The molecule has 2 rings (SSSR count). The van der Waals surface area contributed by atoms with E-state index in [1.807, 2.05) is 30.3 Å². The van der Waals surface area contributed by atoms with Crippen molar-refractivity contribution in [1.29, 1.82) is 5.26 Å². The van der Waals surface area contributed by atoms with Gasteiger partial charge in [0, 0.05) is 5.69 Å². The summed E-state index contributed by atoms with van der Waals surface area (Å²) in [5, 5.41) is 15.6. The van der Waals surface area contributed by atoms with E-state index < -0.39 is 0 Å². The van der Waals surface area contributed by atoms with Crippen LogP contribution in [-0.4, -0.2) is 25.8 Å². The van der Waals surface area contributed by atoms with E-state index in [0.29, 0.717) is 5.56 Å².